The zero-order valence-electron chi connectivity index (χ0n) is 15.5. The van der Waals surface area contributed by atoms with Crippen molar-refractivity contribution in [3.05, 3.63) is 65.2 Å². The van der Waals surface area contributed by atoms with E-state index in [9.17, 15) is 4.79 Å². The molecule has 134 valence electrons. The van der Waals surface area contributed by atoms with Gasteiger partial charge in [0.25, 0.3) is 0 Å². The second-order valence-electron chi connectivity index (χ2n) is 6.71. The van der Waals surface area contributed by atoms with Crippen molar-refractivity contribution < 1.29 is 9.53 Å². The molecule has 0 spiro atoms. The Morgan fingerprint density at radius 1 is 1.12 bits per heavy atom. The molecule has 0 fully saturated rings. The lowest BCUT2D eigenvalue weighted by molar-refractivity contribution is -0.121. The molecule has 2 aromatic carbocycles. The molecule has 25 heavy (non-hydrogen) atoms. The highest BCUT2D eigenvalue weighted by molar-refractivity contribution is 5.75. The van der Waals surface area contributed by atoms with Crippen LogP contribution in [0.1, 0.15) is 49.3 Å². The highest BCUT2D eigenvalue weighted by Gasteiger charge is 2.05. The Labute approximate surface area is 151 Å². The smallest absolute Gasteiger partial charge is 0.220 e. The molecule has 2 aromatic rings. The van der Waals surface area contributed by atoms with E-state index in [2.05, 4.69) is 50.4 Å². The SMILES string of the molecule is Cc1cc(OCCCC(=O)NCCc2ccccc2)ccc1C(C)C. The Bertz CT molecular complexity index is 665. The van der Waals surface area contributed by atoms with Gasteiger partial charge in [0.1, 0.15) is 5.75 Å². The van der Waals surface area contributed by atoms with Gasteiger partial charge in [-0.15, -0.1) is 0 Å². The van der Waals surface area contributed by atoms with Gasteiger partial charge in [0.15, 0.2) is 0 Å². The number of hydrogen-bond donors (Lipinski definition) is 1. The summed E-state index contributed by atoms with van der Waals surface area (Å²) >= 11 is 0. The number of carbonyl (C=O) groups excluding carboxylic acids is 1. The van der Waals surface area contributed by atoms with Crippen molar-refractivity contribution in [2.75, 3.05) is 13.2 Å². The predicted molar refractivity (Wildman–Crippen MR) is 103 cm³/mol. The highest BCUT2D eigenvalue weighted by Crippen LogP contribution is 2.23. The Kier molecular flexibility index (Phi) is 7.52. The van der Waals surface area contributed by atoms with Gasteiger partial charge < -0.3 is 10.1 Å². The van der Waals surface area contributed by atoms with Gasteiger partial charge in [0, 0.05) is 13.0 Å². The fraction of sp³-hybridized carbons (Fsp3) is 0.409. The molecule has 0 saturated carbocycles. The molecule has 0 atom stereocenters. The molecule has 0 aliphatic rings. The number of hydrogen-bond acceptors (Lipinski definition) is 2. The van der Waals surface area contributed by atoms with Crippen molar-refractivity contribution >= 4 is 5.91 Å². The van der Waals surface area contributed by atoms with Crippen molar-refractivity contribution in [3.63, 3.8) is 0 Å². The lowest BCUT2D eigenvalue weighted by Gasteiger charge is -2.12. The summed E-state index contributed by atoms with van der Waals surface area (Å²) in [4.78, 5) is 11.9. The van der Waals surface area contributed by atoms with Crippen LogP contribution in [0.15, 0.2) is 48.5 Å². The lowest BCUT2D eigenvalue weighted by Crippen LogP contribution is -2.25. The first-order chi connectivity index (χ1) is 12.1. The van der Waals surface area contributed by atoms with Crippen LogP contribution in [0.4, 0.5) is 0 Å². The first kappa shape index (κ1) is 19.0. The zero-order valence-corrected chi connectivity index (χ0v) is 15.5. The second kappa shape index (κ2) is 9.87. The third-order valence-electron chi connectivity index (χ3n) is 4.26. The molecule has 3 nitrogen and oxygen atoms in total. The van der Waals surface area contributed by atoms with Crippen LogP contribution in [0.2, 0.25) is 0 Å². The van der Waals surface area contributed by atoms with Gasteiger partial charge in [0.2, 0.25) is 5.91 Å². The molecular formula is C22H29NO2. The summed E-state index contributed by atoms with van der Waals surface area (Å²) in [5.41, 5.74) is 3.85. The first-order valence-electron chi connectivity index (χ1n) is 9.10. The molecule has 1 N–H and O–H groups in total. The molecule has 0 unspecified atom stereocenters. The van der Waals surface area contributed by atoms with E-state index < -0.39 is 0 Å². The maximum absolute atomic E-state index is 11.9. The number of benzene rings is 2. The van der Waals surface area contributed by atoms with Crippen molar-refractivity contribution in [1.29, 1.82) is 0 Å². The fourth-order valence-corrected chi connectivity index (χ4v) is 2.89. The van der Waals surface area contributed by atoms with E-state index in [-0.39, 0.29) is 5.91 Å². The number of carbonyl (C=O) groups is 1. The molecule has 0 aliphatic heterocycles. The van der Waals surface area contributed by atoms with E-state index in [1.54, 1.807) is 0 Å². The number of amides is 1. The van der Waals surface area contributed by atoms with E-state index in [4.69, 9.17) is 4.74 Å². The topological polar surface area (TPSA) is 38.3 Å². The van der Waals surface area contributed by atoms with Gasteiger partial charge in [-0.05, 0) is 54.5 Å². The summed E-state index contributed by atoms with van der Waals surface area (Å²) in [6.07, 6.45) is 2.09. The van der Waals surface area contributed by atoms with Gasteiger partial charge in [-0.1, -0.05) is 50.2 Å². The average molecular weight is 339 g/mol. The van der Waals surface area contributed by atoms with E-state index in [0.717, 1.165) is 18.6 Å². The third kappa shape index (κ3) is 6.61. The van der Waals surface area contributed by atoms with E-state index in [1.807, 2.05) is 24.3 Å². The van der Waals surface area contributed by atoms with Crippen LogP contribution < -0.4 is 10.1 Å². The van der Waals surface area contributed by atoms with E-state index >= 15 is 0 Å². The van der Waals surface area contributed by atoms with Crippen molar-refractivity contribution in [2.24, 2.45) is 0 Å². The molecule has 1 amide bonds. The van der Waals surface area contributed by atoms with Crippen LogP contribution >= 0.6 is 0 Å². The first-order valence-corrected chi connectivity index (χ1v) is 9.10. The van der Waals surface area contributed by atoms with Crippen molar-refractivity contribution in [1.82, 2.24) is 5.32 Å². The van der Waals surface area contributed by atoms with Crippen LogP contribution in [-0.4, -0.2) is 19.1 Å². The van der Waals surface area contributed by atoms with Gasteiger partial charge in [-0.25, -0.2) is 0 Å². The number of rotatable bonds is 9. The molecule has 0 heterocycles. The van der Waals surface area contributed by atoms with Gasteiger partial charge in [-0.2, -0.15) is 0 Å². The van der Waals surface area contributed by atoms with Crippen molar-refractivity contribution in [2.45, 2.75) is 46.0 Å². The number of nitrogens with one attached hydrogen (secondary N) is 1. The van der Waals surface area contributed by atoms with Crippen LogP contribution in [0.5, 0.6) is 5.75 Å². The molecule has 2 rings (SSSR count). The lowest BCUT2D eigenvalue weighted by atomic mass is 9.98. The Balaban J connectivity index is 1.62. The van der Waals surface area contributed by atoms with Crippen LogP contribution in [0, 0.1) is 6.92 Å². The van der Waals surface area contributed by atoms with Crippen LogP contribution in [0.3, 0.4) is 0 Å². The Hall–Kier alpha value is -2.29. The maximum atomic E-state index is 11.9. The molecular weight excluding hydrogens is 310 g/mol. The predicted octanol–water partition coefficient (Wildman–Crippen LogP) is 4.64. The maximum Gasteiger partial charge on any atom is 0.220 e. The third-order valence-corrected chi connectivity index (χ3v) is 4.26. The Morgan fingerprint density at radius 3 is 2.56 bits per heavy atom. The standard InChI is InChI=1S/C22H29NO2/c1-17(2)21-12-11-20(16-18(21)3)25-15-7-10-22(24)23-14-13-19-8-5-4-6-9-19/h4-6,8-9,11-12,16-17H,7,10,13-15H2,1-3H3,(H,23,24). The highest BCUT2D eigenvalue weighted by atomic mass is 16.5. The van der Waals surface area contributed by atoms with Crippen LogP contribution in [-0.2, 0) is 11.2 Å². The Morgan fingerprint density at radius 2 is 1.88 bits per heavy atom. The van der Waals surface area contributed by atoms with Gasteiger partial charge in [-0.3, -0.25) is 4.79 Å². The monoisotopic (exact) mass is 339 g/mol. The summed E-state index contributed by atoms with van der Waals surface area (Å²) in [5, 5.41) is 2.96. The van der Waals surface area contributed by atoms with E-state index in [1.165, 1.54) is 16.7 Å². The van der Waals surface area contributed by atoms with E-state index in [0.29, 0.717) is 25.5 Å². The minimum absolute atomic E-state index is 0.0888. The van der Waals surface area contributed by atoms with Crippen molar-refractivity contribution in [3.8, 4) is 5.75 Å². The summed E-state index contributed by atoms with van der Waals surface area (Å²) < 4.78 is 5.77. The molecule has 0 aromatic heterocycles. The van der Waals surface area contributed by atoms with Gasteiger partial charge >= 0.3 is 0 Å². The number of ether oxygens (including phenoxy) is 1. The second-order valence-corrected chi connectivity index (χ2v) is 6.71. The summed E-state index contributed by atoms with van der Waals surface area (Å²) in [6, 6.07) is 16.4. The summed E-state index contributed by atoms with van der Waals surface area (Å²) in [7, 11) is 0. The summed E-state index contributed by atoms with van der Waals surface area (Å²) in [5.74, 6) is 1.49. The fourth-order valence-electron chi connectivity index (χ4n) is 2.89. The van der Waals surface area contributed by atoms with Gasteiger partial charge in [0.05, 0.1) is 6.61 Å². The normalized spacial score (nSPS) is 10.7. The molecule has 0 aliphatic carbocycles. The minimum atomic E-state index is 0.0888. The largest absolute Gasteiger partial charge is 0.494 e. The number of aryl methyl sites for hydroxylation is 1. The minimum Gasteiger partial charge on any atom is -0.494 e. The van der Waals surface area contributed by atoms with Crippen LogP contribution in [0.25, 0.3) is 0 Å². The molecule has 0 radical (unpaired) electrons. The molecule has 0 bridgehead atoms. The molecule has 0 saturated heterocycles. The summed E-state index contributed by atoms with van der Waals surface area (Å²) in [6.45, 7) is 7.74. The molecule has 3 heteroatoms. The quantitative estimate of drug-likeness (QED) is 0.676. The average Bonchev–Trinajstić information content (AvgIpc) is 2.59. The zero-order chi connectivity index (χ0) is 18.1.